The third kappa shape index (κ3) is 5.40. The van der Waals surface area contributed by atoms with Crippen LogP contribution in [0.15, 0.2) is 30.9 Å². The summed E-state index contributed by atoms with van der Waals surface area (Å²) in [5.41, 5.74) is 2.76. The van der Waals surface area contributed by atoms with E-state index in [1.54, 1.807) is 6.07 Å². The predicted molar refractivity (Wildman–Crippen MR) is 147 cm³/mol. The molecule has 1 aromatic rings. The van der Waals surface area contributed by atoms with Crippen LogP contribution in [0.25, 0.3) is 0 Å². The van der Waals surface area contributed by atoms with E-state index in [4.69, 9.17) is 0 Å². The van der Waals surface area contributed by atoms with E-state index in [0.29, 0.717) is 23.4 Å². The van der Waals surface area contributed by atoms with Gasteiger partial charge in [0, 0.05) is 0 Å². The lowest BCUT2D eigenvalue weighted by Gasteiger charge is -2.60. The first kappa shape index (κ1) is 27.6. The largest absolute Gasteiger partial charge is 0.393 e. The van der Waals surface area contributed by atoms with E-state index in [-0.39, 0.29) is 16.9 Å². The Bertz CT molecular complexity index is 1040. The van der Waals surface area contributed by atoms with Gasteiger partial charge in [-0.2, -0.15) is 8.42 Å². The Labute approximate surface area is 218 Å². The number of unbranched alkanes of at least 4 members (excludes halogenated alkanes) is 4. The molecule has 2 saturated carbocycles. The van der Waals surface area contributed by atoms with Gasteiger partial charge in [0.25, 0.3) is 0 Å². The summed E-state index contributed by atoms with van der Waals surface area (Å²) in [5.74, 6) is 1.20. The van der Waals surface area contributed by atoms with Crippen LogP contribution in [0, 0.1) is 22.7 Å². The molecule has 6 atom stereocenters. The topological polar surface area (TPSA) is 89.9 Å². The van der Waals surface area contributed by atoms with Crippen molar-refractivity contribution in [2.75, 3.05) is 25.4 Å². The standard InChI is InChI=1S/C29H46N2O4S/c1-5-29-17-16-21-19-23(30-36(33,34)35)12-13-24(21)27(29)22(11-9-7-6-8-10-18-31(3)4)20-28(2)25(29)14-15-26(28)32/h5,12-13,19,22,25-27,30,32H,1,6-11,14-18,20H2,2-4H3,(H,33,34,35)/t22-,25?,26-,27?,28-,29?/m0/s1. The van der Waals surface area contributed by atoms with Crippen molar-refractivity contribution in [3.63, 3.8) is 0 Å². The van der Waals surface area contributed by atoms with Gasteiger partial charge in [0.15, 0.2) is 0 Å². The van der Waals surface area contributed by atoms with Crippen LogP contribution in [0.2, 0.25) is 0 Å². The number of aliphatic hydroxyl groups excluding tert-OH is 1. The summed E-state index contributed by atoms with van der Waals surface area (Å²) >= 11 is 0. The molecule has 0 heterocycles. The van der Waals surface area contributed by atoms with Gasteiger partial charge in [-0.1, -0.05) is 44.7 Å². The average molecular weight is 519 g/mol. The van der Waals surface area contributed by atoms with Crippen molar-refractivity contribution in [1.29, 1.82) is 0 Å². The number of hydrogen-bond acceptors (Lipinski definition) is 4. The van der Waals surface area contributed by atoms with Crippen LogP contribution in [0.3, 0.4) is 0 Å². The normalized spacial score (nSPS) is 33.6. The number of hydrogen-bond donors (Lipinski definition) is 3. The van der Waals surface area contributed by atoms with Gasteiger partial charge in [0.2, 0.25) is 0 Å². The van der Waals surface area contributed by atoms with Crippen molar-refractivity contribution in [2.24, 2.45) is 22.7 Å². The van der Waals surface area contributed by atoms with Crippen molar-refractivity contribution < 1.29 is 18.1 Å². The molecule has 1 aromatic carbocycles. The minimum atomic E-state index is -4.30. The highest BCUT2D eigenvalue weighted by atomic mass is 32.2. The van der Waals surface area contributed by atoms with Crippen LogP contribution in [-0.4, -0.2) is 49.7 Å². The van der Waals surface area contributed by atoms with Crippen molar-refractivity contribution in [3.8, 4) is 0 Å². The van der Waals surface area contributed by atoms with Gasteiger partial charge in [0.05, 0.1) is 11.8 Å². The molecule has 0 spiro atoms. The third-order valence-corrected chi connectivity index (χ3v) is 10.3. The maximum Gasteiger partial charge on any atom is 0.357 e. The van der Waals surface area contributed by atoms with Crippen LogP contribution >= 0.6 is 0 Å². The van der Waals surface area contributed by atoms with E-state index in [2.05, 4.69) is 49.4 Å². The van der Waals surface area contributed by atoms with Gasteiger partial charge in [-0.05, 0) is 117 Å². The van der Waals surface area contributed by atoms with Gasteiger partial charge < -0.3 is 10.0 Å². The van der Waals surface area contributed by atoms with Gasteiger partial charge >= 0.3 is 10.3 Å². The number of anilines is 1. The van der Waals surface area contributed by atoms with Crippen molar-refractivity contribution in [3.05, 3.63) is 42.0 Å². The smallest absolute Gasteiger partial charge is 0.357 e. The molecule has 7 heteroatoms. The van der Waals surface area contributed by atoms with Gasteiger partial charge in [-0.25, -0.2) is 0 Å². The van der Waals surface area contributed by atoms with Crippen molar-refractivity contribution >= 4 is 16.0 Å². The van der Waals surface area contributed by atoms with Crippen molar-refractivity contribution in [2.45, 2.75) is 89.6 Å². The molecule has 4 rings (SSSR count). The molecule has 202 valence electrons. The molecule has 3 N–H and O–H groups in total. The molecule has 3 aliphatic rings. The van der Waals surface area contributed by atoms with E-state index in [1.165, 1.54) is 43.2 Å². The first-order valence-corrected chi connectivity index (χ1v) is 15.3. The summed E-state index contributed by atoms with van der Waals surface area (Å²) in [7, 11) is -0.0459. The second-order valence-electron chi connectivity index (χ2n) is 12.3. The fourth-order valence-electron chi connectivity index (χ4n) is 8.28. The first-order valence-electron chi connectivity index (χ1n) is 13.8. The summed E-state index contributed by atoms with van der Waals surface area (Å²) in [6.07, 6.45) is 14.1. The number of allylic oxidation sites excluding steroid dienone is 1. The SMILES string of the molecule is C=CC12CCc3cc(NS(=O)(=O)O)ccc3C1[C@@H](CCCCCCCN(C)C)C[C@@]1(C)C2CC[C@@H]1O. The van der Waals surface area contributed by atoms with Gasteiger partial charge in [0.1, 0.15) is 0 Å². The Balaban J connectivity index is 1.59. The minimum Gasteiger partial charge on any atom is -0.393 e. The second kappa shape index (κ2) is 10.8. The summed E-state index contributed by atoms with van der Waals surface area (Å²) in [6, 6.07) is 5.76. The Kier molecular flexibility index (Phi) is 8.25. The highest BCUT2D eigenvalue weighted by Gasteiger charge is 2.63. The van der Waals surface area contributed by atoms with Crippen LogP contribution in [0.5, 0.6) is 0 Å². The number of benzene rings is 1. The highest BCUT2D eigenvalue weighted by Crippen LogP contribution is 2.69. The molecule has 6 nitrogen and oxygen atoms in total. The molecular weight excluding hydrogens is 472 g/mol. The van der Waals surface area contributed by atoms with Gasteiger partial charge in [-0.15, -0.1) is 6.58 Å². The monoisotopic (exact) mass is 518 g/mol. The van der Waals surface area contributed by atoms with E-state index in [1.807, 2.05) is 6.07 Å². The van der Waals surface area contributed by atoms with E-state index < -0.39 is 10.3 Å². The fourth-order valence-corrected chi connectivity index (χ4v) is 8.71. The minimum absolute atomic E-state index is 0.0497. The second-order valence-corrected chi connectivity index (χ2v) is 13.4. The predicted octanol–water partition coefficient (Wildman–Crippen LogP) is 5.80. The summed E-state index contributed by atoms with van der Waals surface area (Å²) in [4.78, 5) is 2.25. The number of rotatable bonds is 11. The Morgan fingerprint density at radius 2 is 1.89 bits per heavy atom. The Morgan fingerprint density at radius 1 is 1.17 bits per heavy atom. The van der Waals surface area contributed by atoms with E-state index in [0.717, 1.165) is 45.1 Å². The van der Waals surface area contributed by atoms with Gasteiger partial charge in [-0.3, -0.25) is 9.27 Å². The average Bonchev–Trinajstić information content (AvgIpc) is 3.11. The molecule has 2 fully saturated rings. The molecule has 3 aliphatic carbocycles. The zero-order chi connectivity index (χ0) is 26.1. The number of aliphatic hydroxyl groups is 1. The molecule has 0 bridgehead atoms. The van der Waals surface area contributed by atoms with Crippen LogP contribution in [0.4, 0.5) is 5.69 Å². The highest BCUT2D eigenvalue weighted by molar-refractivity contribution is 7.87. The maximum absolute atomic E-state index is 11.4. The molecule has 0 aromatic heterocycles. The lowest BCUT2D eigenvalue weighted by Crippen LogP contribution is -2.54. The van der Waals surface area contributed by atoms with Crippen molar-refractivity contribution in [1.82, 2.24) is 4.90 Å². The zero-order valence-electron chi connectivity index (χ0n) is 22.4. The van der Waals surface area contributed by atoms with E-state index >= 15 is 0 Å². The molecule has 0 aliphatic heterocycles. The molecular formula is C29H46N2O4S. The number of aryl methyl sites for hydroxylation is 1. The molecule has 0 amide bonds. The quantitative estimate of drug-likeness (QED) is 0.196. The fraction of sp³-hybridized carbons (Fsp3) is 0.724. The summed E-state index contributed by atoms with van der Waals surface area (Å²) < 4.78 is 34.3. The molecule has 0 radical (unpaired) electrons. The van der Waals surface area contributed by atoms with E-state index in [9.17, 15) is 18.1 Å². The number of nitrogens with zero attached hydrogens (tertiary/aromatic N) is 1. The molecule has 36 heavy (non-hydrogen) atoms. The maximum atomic E-state index is 11.4. The first-order chi connectivity index (χ1) is 17.0. The summed E-state index contributed by atoms with van der Waals surface area (Å²) in [6.45, 7) is 7.85. The Hall–Kier alpha value is -1.41. The molecule has 0 saturated heterocycles. The summed E-state index contributed by atoms with van der Waals surface area (Å²) in [5, 5.41) is 11.1. The Morgan fingerprint density at radius 3 is 2.58 bits per heavy atom. The lowest BCUT2D eigenvalue weighted by atomic mass is 9.44. The van der Waals surface area contributed by atoms with Crippen LogP contribution in [-0.2, 0) is 16.7 Å². The lowest BCUT2D eigenvalue weighted by molar-refractivity contribution is -0.0812. The van der Waals surface area contributed by atoms with Crippen LogP contribution in [0.1, 0.15) is 88.2 Å². The number of nitrogens with one attached hydrogen (secondary N) is 1. The molecule has 3 unspecified atom stereocenters. The number of fused-ring (bicyclic) bond motifs is 5. The zero-order valence-corrected chi connectivity index (χ0v) is 23.2. The van der Waals surface area contributed by atoms with Crippen LogP contribution < -0.4 is 4.72 Å². The third-order valence-electron chi connectivity index (χ3n) is 9.80.